The molecule has 0 unspecified atom stereocenters. The van der Waals surface area contributed by atoms with Crippen LogP contribution in [0.4, 0.5) is 0 Å². The summed E-state index contributed by atoms with van der Waals surface area (Å²) in [5.41, 5.74) is -0.179. The molecule has 29 heavy (non-hydrogen) atoms. The van der Waals surface area contributed by atoms with E-state index in [-0.39, 0.29) is 11.4 Å². The Morgan fingerprint density at radius 2 is 1.31 bits per heavy atom. The zero-order valence-corrected chi connectivity index (χ0v) is 21.8. The Morgan fingerprint density at radius 3 is 1.62 bits per heavy atom. The summed E-state index contributed by atoms with van der Waals surface area (Å²) in [7, 11) is -2.08. The highest BCUT2D eigenvalue weighted by atomic mass is 35.6. The average molecular weight is 514 g/mol. The normalized spacial score (nSPS) is 17.9. The molecule has 1 saturated heterocycles. The van der Waals surface area contributed by atoms with Crippen LogP contribution in [0.15, 0.2) is 0 Å². The smallest absolute Gasteiger partial charge is 0.333 e. The molecule has 1 aliphatic rings. The van der Waals surface area contributed by atoms with E-state index in [9.17, 15) is 9.36 Å². The summed E-state index contributed by atoms with van der Waals surface area (Å²) in [5.74, 6) is -0.180. The molecule has 5 nitrogen and oxygen atoms in total. The molecular weight excluding hydrogens is 479 g/mol. The Kier molecular flexibility index (Phi) is 15.8. The summed E-state index contributed by atoms with van der Waals surface area (Å²) in [4.78, 5) is 14.6. The van der Waals surface area contributed by atoms with Crippen LogP contribution in [0, 0.1) is 0 Å². The van der Waals surface area contributed by atoms with Gasteiger partial charge in [-0.25, -0.2) is 0 Å². The Labute approximate surface area is 197 Å². The van der Waals surface area contributed by atoms with Crippen molar-refractivity contribution in [2.24, 2.45) is 0 Å². The van der Waals surface area contributed by atoms with Gasteiger partial charge in [0.25, 0.3) is 9.16 Å². The van der Waals surface area contributed by atoms with Crippen molar-refractivity contribution in [2.75, 3.05) is 6.54 Å². The number of rotatable bonds is 13. The van der Waals surface area contributed by atoms with Gasteiger partial charge in [-0.1, -0.05) is 121 Å². The summed E-state index contributed by atoms with van der Waals surface area (Å²) in [5, 5.41) is 0. The van der Waals surface area contributed by atoms with Crippen LogP contribution in [0.5, 0.6) is 0 Å². The Bertz CT molecular complexity index is 465. The van der Waals surface area contributed by atoms with E-state index in [1.807, 2.05) is 11.8 Å². The van der Waals surface area contributed by atoms with Crippen molar-refractivity contribution < 1.29 is 18.4 Å². The third-order valence-electron chi connectivity index (χ3n) is 4.94. The lowest BCUT2D eigenvalue weighted by atomic mass is 9.86. The van der Waals surface area contributed by atoms with Gasteiger partial charge in [0.2, 0.25) is 0 Å². The molecular formula is C19H35Cl4NO4P+. The fraction of sp³-hybridized carbons (Fsp3) is 0.947. The van der Waals surface area contributed by atoms with E-state index in [0.717, 1.165) is 25.7 Å². The fourth-order valence-corrected chi connectivity index (χ4v) is 3.95. The van der Waals surface area contributed by atoms with Crippen molar-refractivity contribution >= 4 is 60.6 Å². The fourth-order valence-electron chi connectivity index (χ4n) is 3.45. The number of hydrogen-bond acceptors (Lipinski definition) is 4. The standard InChI is InChI=1S/C18H35NO4P.CCl4/c1-5-8-10-12-14-18(4,15-13-11-9-6-2)19(7-3)16(20)17-22-24(21)23-17;2-1(3,4)5/h17H,5-15H2,1-4H3;/q+1;. The highest BCUT2D eigenvalue weighted by Gasteiger charge is 2.53. The summed E-state index contributed by atoms with van der Waals surface area (Å²) in [6, 6.07) is 0. The molecule has 0 N–H and O–H groups in total. The van der Waals surface area contributed by atoms with Crippen molar-refractivity contribution in [3.8, 4) is 0 Å². The maximum Gasteiger partial charge on any atom is 0.704 e. The number of alkyl halides is 4. The first-order valence-electron chi connectivity index (χ1n) is 10.4. The van der Waals surface area contributed by atoms with Gasteiger partial charge in [0.15, 0.2) is 0 Å². The molecule has 1 rings (SSSR count). The van der Waals surface area contributed by atoms with Crippen LogP contribution in [0.25, 0.3) is 0 Å². The van der Waals surface area contributed by atoms with Gasteiger partial charge in [0.05, 0.1) is 0 Å². The SMILES string of the molecule is CCCCCCC(C)(CCCCCC)N(CC)C(=O)C1O[P+](=O)O1.ClC(Cl)(Cl)Cl. The molecule has 10 heteroatoms. The Hall–Kier alpha value is 0.650. The largest absolute Gasteiger partial charge is 0.704 e. The number of carbonyl (C=O) groups excluding carboxylic acids is 1. The van der Waals surface area contributed by atoms with Gasteiger partial charge in [0.1, 0.15) is 0 Å². The molecule has 0 aliphatic carbocycles. The topological polar surface area (TPSA) is 55.8 Å². The van der Waals surface area contributed by atoms with E-state index in [2.05, 4.69) is 20.8 Å². The van der Waals surface area contributed by atoms with Crippen LogP contribution in [0.2, 0.25) is 0 Å². The van der Waals surface area contributed by atoms with Crippen molar-refractivity contribution in [1.29, 1.82) is 0 Å². The number of likely N-dealkylation sites (N-methyl/N-ethyl adjacent to an activating group) is 1. The van der Waals surface area contributed by atoms with Gasteiger partial charge in [-0.05, 0) is 26.7 Å². The summed E-state index contributed by atoms with van der Waals surface area (Å²) in [6.45, 7) is 9.21. The average Bonchev–Trinajstić information content (AvgIpc) is 2.59. The quantitative estimate of drug-likeness (QED) is 0.142. The van der Waals surface area contributed by atoms with Crippen LogP contribution < -0.4 is 0 Å². The zero-order valence-electron chi connectivity index (χ0n) is 17.9. The maximum absolute atomic E-state index is 12.7. The van der Waals surface area contributed by atoms with Crippen LogP contribution in [0.3, 0.4) is 0 Å². The molecule has 1 heterocycles. The predicted molar refractivity (Wildman–Crippen MR) is 123 cm³/mol. The van der Waals surface area contributed by atoms with Crippen molar-refractivity contribution in [1.82, 2.24) is 4.90 Å². The van der Waals surface area contributed by atoms with E-state index >= 15 is 0 Å². The zero-order chi connectivity index (χ0) is 22.5. The summed E-state index contributed by atoms with van der Waals surface area (Å²) < 4.78 is 19.3. The highest BCUT2D eigenvalue weighted by Crippen LogP contribution is 2.42. The first kappa shape index (κ1) is 29.7. The van der Waals surface area contributed by atoms with Crippen LogP contribution in [0.1, 0.15) is 91.9 Å². The maximum atomic E-state index is 12.7. The van der Waals surface area contributed by atoms with Crippen LogP contribution in [-0.2, 0) is 18.4 Å². The lowest BCUT2D eigenvalue weighted by Gasteiger charge is -2.42. The molecule has 0 radical (unpaired) electrons. The molecule has 0 spiro atoms. The molecule has 172 valence electrons. The minimum Gasteiger partial charge on any atom is -0.333 e. The van der Waals surface area contributed by atoms with Crippen LogP contribution >= 0.6 is 54.7 Å². The monoisotopic (exact) mass is 512 g/mol. The number of hydrogen-bond donors (Lipinski definition) is 0. The van der Waals surface area contributed by atoms with Crippen molar-refractivity contribution in [3.05, 3.63) is 0 Å². The number of nitrogens with zero attached hydrogens (tertiary/aromatic N) is 1. The first-order chi connectivity index (χ1) is 13.5. The third kappa shape index (κ3) is 13.6. The second-order valence-electron chi connectivity index (χ2n) is 7.40. The van der Waals surface area contributed by atoms with Gasteiger partial charge in [-0.3, -0.25) is 4.79 Å². The van der Waals surface area contributed by atoms with Gasteiger partial charge < -0.3 is 4.90 Å². The van der Waals surface area contributed by atoms with Crippen molar-refractivity contribution in [2.45, 2.75) is 107 Å². The number of amides is 1. The molecule has 1 fully saturated rings. The summed E-state index contributed by atoms with van der Waals surface area (Å²) >= 11 is 19.3. The minimum absolute atomic E-state index is 0.179. The van der Waals surface area contributed by atoms with E-state index in [0.29, 0.717) is 6.54 Å². The van der Waals surface area contributed by atoms with E-state index in [4.69, 9.17) is 55.5 Å². The molecule has 1 aliphatic heterocycles. The van der Waals surface area contributed by atoms with Gasteiger partial charge in [-0.15, -0.1) is 0 Å². The van der Waals surface area contributed by atoms with Gasteiger partial charge >= 0.3 is 14.5 Å². The highest BCUT2D eigenvalue weighted by molar-refractivity contribution is 7.34. The molecule has 0 aromatic carbocycles. The minimum atomic E-state index is -2.08. The summed E-state index contributed by atoms with van der Waals surface area (Å²) in [6.07, 6.45) is 10.6. The number of halogens is 4. The molecule has 0 aromatic heterocycles. The molecule has 0 saturated carbocycles. The third-order valence-corrected chi connectivity index (χ3v) is 5.66. The first-order valence-corrected chi connectivity index (χ1v) is 13.0. The molecule has 0 bridgehead atoms. The molecule has 0 aromatic rings. The molecule has 1 amide bonds. The van der Waals surface area contributed by atoms with Crippen molar-refractivity contribution in [3.63, 3.8) is 0 Å². The van der Waals surface area contributed by atoms with E-state index in [1.54, 1.807) is 0 Å². The van der Waals surface area contributed by atoms with Gasteiger partial charge in [-0.2, -0.15) is 0 Å². The molecule has 0 atom stereocenters. The second-order valence-corrected chi connectivity index (χ2v) is 11.7. The lowest BCUT2D eigenvalue weighted by Crippen LogP contribution is -2.54. The van der Waals surface area contributed by atoms with Gasteiger partial charge in [0, 0.05) is 16.6 Å². The number of carbonyl (C=O) groups is 1. The van der Waals surface area contributed by atoms with E-state index in [1.165, 1.54) is 38.5 Å². The number of unbranched alkanes of at least 4 members (excludes halogenated alkanes) is 6. The Balaban J connectivity index is 0.00000139. The Morgan fingerprint density at radius 1 is 0.897 bits per heavy atom. The lowest BCUT2D eigenvalue weighted by molar-refractivity contribution is -0.171. The second kappa shape index (κ2) is 15.5. The van der Waals surface area contributed by atoms with Crippen LogP contribution in [-0.4, -0.2) is 32.4 Å². The van der Waals surface area contributed by atoms with E-state index < -0.39 is 17.8 Å². The predicted octanol–water partition coefficient (Wildman–Crippen LogP) is 8.12.